The van der Waals surface area contributed by atoms with E-state index in [1.165, 1.54) is 0 Å². The van der Waals surface area contributed by atoms with Crippen molar-refractivity contribution in [2.45, 2.75) is 25.0 Å². The van der Waals surface area contributed by atoms with Crippen LogP contribution in [0.4, 0.5) is 0 Å². The summed E-state index contributed by atoms with van der Waals surface area (Å²) in [5, 5.41) is 16.3. The molecule has 24 heavy (non-hydrogen) atoms. The van der Waals surface area contributed by atoms with Gasteiger partial charge in [0.05, 0.1) is 19.1 Å². The fourth-order valence-electron chi connectivity index (χ4n) is 2.70. The molecule has 1 aromatic heterocycles. The van der Waals surface area contributed by atoms with Gasteiger partial charge < -0.3 is 24.4 Å². The molecule has 0 bridgehead atoms. The van der Waals surface area contributed by atoms with Gasteiger partial charge in [-0.25, -0.2) is 4.79 Å². The van der Waals surface area contributed by atoms with Crippen LogP contribution < -0.4 is 5.32 Å². The number of para-hydroxylation sites is 1. The van der Waals surface area contributed by atoms with Gasteiger partial charge in [0.15, 0.2) is 5.58 Å². The first kappa shape index (κ1) is 16.4. The standard InChI is InChI=1S/C16H18N2O6/c19-15(7-12-10-3-1-2-4-13(10)24-18-12)17-11-5-6-22-8-14(11)23-9-16(20)21/h1-4,11,14H,5-9H2,(H,17,19)(H,20,21)/t11-,14-/m1/s1. The van der Waals surface area contributed by atoms with E-state index in [9.17, 15) is 9.59 Å². The van der Waals surface area contributed by atoms with Crippen LogP contribution in [0.25, 0.3) is 11.0 Å². The first-order valence-electron chi connectivity index (χ1n) is 7.67. The summed E-state index contributed by atoms with van der Waals surface area (Å²) in [5.41, 5.74) is 1.20. The second kappa shape index (κ2) is 7.41. The molecule has 128 valence electrons. The molecule has 1 amide bonds. The van der Waals surface area contributed by atoms with E-state index in [1.54, 1.807) is 6.07 Å². The summed E-state index contributed by atoms with van der Waals surface area (Å²) in [4.78, 5) is 22.9. The van der Waals surface area contributed by atoms with Crippen molar-refractivity contribution >= 4 is 22.8 Å². The van der Waals surface area contributed by atoms with Crippen molar-refractivity contribution in [2.75, 3.05) is 19.8 Å². The van der Waals surface area contributed by atoms with E-state index in [4.69, 9.17) is 19.1 Å². The lowest BCUT2D eigenvalue weighted by atomic mass is 10.1. The molecule has 2 N–H and O–H groups in total. The van der Waals surface area contributed by atoms with Gasteiger partial charge in [-0.05, 0) is 18.6 Å². The highest BCUT2D eigenvalue weighted by atomic mass is 16.5. The van der Waals surface area contributed by atoms with Crippen LogP contribution in [0.15, 0.2) is 28.8 Å². The summed E-state index contributed by atoms with van der Waals surface area (Å²) >= 11 is 0. The predicted octanol–water partition coefficient (Wildman–Crippen LogP) is 0.745. The van der Waals surface area contributed by atoms with E-state index >= 15 is 0 Å². The monoisotopic (exact) mass is 334 g/mol. The van der Waals surface area contributed by atoms with E-state index in [2.05, 4.69) is 10.5 Å². The Kier molecular flexibility index (Phi) is 5.07. The number of carboxylic acid groups (broad SMARTS) is 1. The second-order valence-electron chi connectivity index (χ2n) is 5.58. The number of nitrogens with zero attached hydrogens (tertiary/aromatic N) is 1. The number of carbonyl (C=O) groups excluding carboxylic acids is 1. The molecule has 0 spiro atoms. The van der Waals surface area contributed by atoms with Gasteiger partial charge in [-0.3, -0.25) is 4.79 Å². The Balaban J connectivity index is 1.61. The molecule has 0 aliphatic carbocycles. The summed E-state index contributed by atoms with van der Waals surface area (Å²) in [6.07, 6.45) is 0.170. The number of amides is 1. The molecule has 1 aliphatic heterocycles. The van der Waals surface area contributed by atoms with Gasteiger partial charge in [-0.1, -0.05) is 17.3 Å². The van der Waals surface area contributed by atoms with Crippen LogP contribution in [-0.2, 0) is 25.5 Å². The quantitative estimate of drug-likeness (QED) is 0.801. The maximum atomic E-state index is 12.3. The zero-order chi connectivity index (χ0) is 16.9. The Morgan fingerprint density at radius 2 is 2.21 bits per heavy atom. The first-order chi connectivity index (χ1) is 11.6. The zero-order valence-corrected chi connectivity index (χ0v) is 12.9. The zero-order valence-electron chi connectivity index (χ0n) is 12.9. The molecule has 2 heterocycles. The van der Waals surface area contributed by atoms with Gasteiger partial charge in [0.1, 0.15) is 18.4 Å². The molecular formula is C16H18N2O6. The van der Waals surface area contributed by atoms with E-state index in [-0.39, 0.29) is 25.0 Å². The van der Waals surface area contributed by atoms with E-state index < -0.39 is 18.7 Å². The molecule has 0 unspecified atom stereocenters. The topological polar surface area (TPSA) is 111 Å². The van der Waals surface area contributed by atoms with Crippen molar-refractivity contribution in [1.29, 1.82) is 0 Å². The Morgan fingerprint density at radius 1 is 1.38 bits per heavy atom. The molecule has 0 saturated carbocycles. The summed E-state index contributed by atoms with van der Waals surface area (Å²) < 4.78 is 15.8. The van der Waals surface area contributed by atoms with Crippen LogP contribution >= 0.6 is 0 Å². The van der Waals surface area contributed by atoms with Crippen molar-refractivity contribution in [3.63, 3.8) is 0 Å². The van der Waals surface area contributed by atoms with Gasteiger partial charge in [-0.15, -0.1) is 0 Å². The minimum atomic E-state index is -1.06. The third-order valence-corrected chi connectivity index (χ3v) is 3.85. The number of nitrogens with one attached hydrogen (secondary N) is 1. The SMILES string of the molecule is O=C(O)CO[C@@H]1COCC[C@H]1NC(=O)Cc1noc2ccccc12. The predicted molar refractivity (Wildman–Crippen MR) is 82.5 cm³/mol. The Labute approximate surface area is 137 Å². The van der Waals surface area contributed by atoms with Crippen LogP contribution in [0.1, 0.15) is 12.1 Å². The highest BCUT2D eigenvalue weighted by molar-refractivity contribution is 5.86. The Bertz CT molecular complexity index is 728. The minimum Gasteiger partial charge on any atom is -0.480 e. The highest BCUT2D eigenvalue weighted by Crippen LogP contribution is 2.18. The molecule has 8 heteroatoms. The molecule has 3 rings (SSSR count). The first-order valence-corrected chi connectivity index (χ1v) is 7.67. The van der Waals surface area contributed by atoms with Crippen molar-refractivity contribution in [1.82, 2.24) is 10.5 Å². The van der Waals surface area contributed by atoms with Crippen LogP contribution in [0.5, 0.6) is 0 Å². The number of aromatic nitrogens is 1. The average Bonchev–Trinajstić information content (AvgIpc) is 2.97. The second-order valence-corrected chi connectivity index (χ2v) is 5.58. The lowest BCUT2D eigenvalue weighted by Crippen LogP contribution is -2.50. The van der Waals surface area contributed by atoms with Crippen LogP contribution in [0, 0.1) is 0 Å². The van der Waals surface area contributed by atoms with Crippen molar-refractivity contribution in [3.8, 4) is 0 Å². The van der Waals surface area contributed by atoms with Crippen LogP contribution in [0.3, 0.4) is 0 Å². The maximum Gasteiger partial charge on any atom is 0.329 e. The smallest absolute Gasteiger partial charge is 0.329 e. The molecule has 8 nitrogen and oxygen atoms in total. The van der Waals surface area contributed by atoms with E-state index in [1.807, 2.05) is 18.2 Å². The number of hydrogen-bond donors (Lipinski definition) is 2. The molecule has 1 aliphatic rings. The summed E-state index contributed by atoms with van der Waals surface area (Å²) in [6.45, 7) is 0.324. The summed E-state index contributed by atoms with van der Waals surface area (Å²) in [7, 11) is 0. The Morgan fingerprint density at radius 3 is 3.04 bits per heavy atom. The van der Waals surface area contributed by atoms with Crippen LogP contribution in [-0.4, -0.2) is 54.1 Å². The third kappa shape index (κ3) is 3.90. The number of fused-ring (bicyclic) bond motifs is 1. The number of carbonyl (C=O) groups is 2. The van der Waals surface area contributed by atoms with Crippen molar-refractivity contribution in [3.05, 3.63) is 30.0 Å². The summed E-state index contributed by atoms with van der Waals surface area (Å²) in [5.74, 6) is -1.27. The fraction of sp³-hybridized carbons (Fsp3) is 0.438. The Hall–Kier alpha value is -2.45. The van der Waals surface area contributed by atoms with Gasteiger partial charge in [0.25, 0.3) is 0 Å². The fourth-order valence-corrected chi connectivity index (χ4v) is 2.70. The van der Waals surface area contributed by atoms with E-state index in [0.717, 1.165) is 5.39 Å². The van der Waals surface area contributed by atoms with Crippen LogP contribution in [0.2, 0.25) is 0 Å². The van der Waals surface area contributed by atoms with Gasteiger partial charge in [-0.2, -0.15) is 0 Å². The number of rotatable bonds is 6. The average molecular weight is 334 g/mol. The molecule has 1 aromatic carbocycles. The molecule has 1 saturated heterocycles. The molecular weight excluding hydrogens is 316 g/mol. The number of benzene rings is 1. The van der Waals surface area contributed by atoms with Gasteiger partial charge in [0.2, 0.25) is 5.91 Å². The number of ether oxygens (including phenoxy) is 2. The van der Waals surface area contributed by atoms with Gasteiger partial charge >= 0.3 is 5.97 Å². The van der Waals surface area contributed by atoms with Crippen molar-refractivity contribution in [2.24, 2.45) is 0 Å². The molecule has 0 radical (unpaired) electrons. The normalized spacial score (nSPS) is 20.8. The minimum absolute atomic E-state index is 0.0834. The largest absolute Gasteiger partial charge is 0.480 e. The van der Waals surface area contributed by atoms with E-state index in [0.29, 0.717) is 24.3 Å². The highest BCUT2D eigenvalue weighted by Gasteiger charge is 2.29. The maximum absolute atomic E-state index is 12.3. The van der Waals surface area contributed by atoms with Gasteiger partial charge in [0, 0.05) is 12.0 Å². The van der Waals surface area contributed by atoms with Crippen molar-refractivity contribution < 1.29 is 28.7 Å². The third-order valence-electron chi connectivity index (χ3n) is 3.85. The molecule has 1 fully saturated rings. The number of aliphatic carboxylic acids is 1. The number of hydrogen-bond acceptors (Lipinski definition) is 6. The molecule has 2 atom stereocenters. The summed E-state index contributed by atoms with van der Waals surface area (Å²) in [6, 6.07) is 7.04. The lowest BCUT2D eigenvalue weighted by Gasteiger charge is -2.31. The lowest BCUT2D eigenvalue weighted by molar-refractivity contribution is -0.149. The number of carboxylic acids is 1. The molecule has 2 aromatic rings.